The molecule has 0 fully saturated rings. The molecule has 0 aliphatic carbocycles. The van der Waals surface area contributed by atoms with E-state index in [1.165, 1.54) is 12.1 Å². The number of aromatic nitrogens is 1. The maximum absolute atomic E-state index is 12.8. The Kier molecular flexibility index (Phi) is 5.76. The monoisotopic (exact) mass is 449 g/mol. The van der Waals surface area contributed by atoms with Gasteiger partial charge >= 0.3 is 16.1 Å². The molecule has 0 saturated heterocycles. The zero-order valence-electron chi connectivity index (χ0n) is 18.0. The molecule has 1 aromatic heterocycles. The summed E-state index contributed by atoms with van der Waals surface area (Å²) in [5.41, 5.74) is 3.65. The van der Waals surface area contributed by atoms with E-state index < -0.39 is 16.1 Å². The molecule has 0 spiro atoms. The summed E-state index contributed by atoms with van der Waals surface area (Å²) >= 11 is 0. The lowest BCUT2D eigenvalue weighted by Gasteiger charge is -2.09. The molecule has 0 N–H and O–H groups in total. The lowest BCUT2D eigenvalue weighted by molar-refractivity contribution is 0.0527. The van der Waals surface area contributed by atoms with Crippen LogP contribution in [0.5, 0.6) is 5.75 Å². The SMILES string of the molecule is CCOC(=O)c1c(C)n(-c2ccccc2)c2ccc(OS(=O)(=O)c3ccc(C)cc3)cc12. The van der Waals surface area contributed by atoms with E-state index >= 15 is 0 Å². The van der Waals surface area contributed by atoms with Crippen molar-refractivity contribution in [3.63, 3.8) is 0 Å². The number of aryl methyl sites for hydroxylation is 1. The summed E-state index contributed by atoms with van der Waals surface area (Å²) in [6.45, 7) is 5.69. The predicted molar refractivity (Wildman–Crippen MR) is 123 cm³/mol. The molecule has 4 aromatic rings. The van der Waals surface area contributed by atoms with Crippen LogP contribution in [0.4, 0.5) is 0 Å². The van der Waals surface area contributed by atoms with Crippen molar-refractivity contribution in [2.45, 2.75) is 25.7 Å². The second-order valence-corrected chi connectivity index (χ2v) is 8.93. The smallest absolute Gasteiger partial charge is 0.340 e. The van der Waals surface area contributed by atoms with Crippen LogP contribution in [-0.4, -0.2) is 25.6 Å². The summed E-state index contributed by atoms with van der Waals surface area (Å²) in [6.07, 6.45) is 0. The third-order valence-corrected chi connectivity index (χ3v) is 6.45. The Morgan fingerprint density at radius 2 is 1.62 bits per heavy atom. The van der Waals surface area contributed by atoms with Crippen LogP contribution in [0.3, 0.4) is 0 Å². The van der Waals surface area contributed by atoms with Gasteiger partial charge in [0.1, 0.15) is 10.6 Å². The van der Waals surface area contributed by atoms with Crippen LogP contribution in [0.15, 0.2) is 77.7 Å². The van der Waals surface area contributed by atoms with Crippen molar-refractivity contribution in [1.82, 2.24) is 4.57 Å². The number of nitrogens with zero attached hydrogens (tertiary/aromatic N) is 1. The minimum Gasteiger partial charge on any atom is -0.462 e. The fourth-order valence-electron chi connectivity index (χ4n) is 3.70. The van der Waals surface area contributed by atoms with E-state index in [-0.39, 0.29) is 17.3 Å². The van der Waals surface area contributed by atoms with Crippen molar-refractivity contribution < 1.29 is 22.1 Å². The number of carbonyl (C=O) groups excluding carboxylic acids is 1. The minimum atomic E-state index is -4.02. The quantitative estimate of drug-likeness (QED) is 0.299. The molecule has 0 bridgehead atoms. The number of para-hydroxylation sites is 1. The second kappa shape index (κ2) is 8.51. The molecule has 0 radical (unpaired) electrons. The fraction of sp³-hybridized carbons (Fsp3) is 0.160. The van der Waals surface area contributed by atoms with E-state index in [9.17, 15) is 13.2 Å². The van der Waals surface area contributed by atoms with Crippen LogP contribution >= 0.6 is 0 Å². The zero-order valence-corrected chi connectivity index (χ0v) is 18.8. The summed E-state index contributed by atoms with van der Waals surface area (Å²) in [5.74, 6) is -0.350. The van der Waals surface area contributed by atoms with Crippen LogP contribution in [-0.2, 0) is 14.9 Å². The Bertz CT molecular complexity index is 1390. The van der Waals surface area contributed by atoms with Crippen molar-refractivity contribution in [3.8, 4) is 11.4 Å². The first kappa shape index (κ1) is 21.6. The van der Waals surface area contributed by atoms with Crippen molar-refractivity contribution >= 4 is 27.0 Å². The number of benzene rings is 3. The number of ether oxygens (including phenoxy) is 1. The van der Waals surface area contributed by atoms with Gasteiger partial charge in [0.25, 0.3) is 0 Å². The molecule has 1 heterocycles. The van der Waals surface area contributed by atoms with Gasteiger partial charge < -0.3 is 13.5 Å². The summed E-state index contributed by atoms with van der Waals surface area (Å²) in [4.78, 5) is 12.8. The van der Waals surface area contributed by atoms with Gasteiger partial charge in [-0.1, -0.05) is 35.9 Å². The van der Waals surface area contributed by atoms with Crippen molar-refractivity contribution in [3.05, 3.63) is 89.6 Å². The summed E-state index contributed by atoms with van der Waals surface area (Å²) in [5, 5.41) is 0.557. The summed E-state index contributed by atoms with van der Waals surface area (Å²) < 4.78 is 38.1. The molecule has 0 atom stereocenters. The number of hydrogen-bond acceptors (Lipinski definition) is 5. The third-order valence-electron chi connectivity index (χ3n) is 5.19. The Morgan fingerprint density at radius 1 is 0.938 bits per heavy atom. The van der Waals surface area contributed by atoms with Gasteiger partial charge in [-0.15, -0.1) is 0 Å². The standard InChI is InChI=1S/C25H23NO5S/c1-4-30-25(27)24-18(3)26(19-8-6-5-7-9-19)23-15-12-20(16-22(23)24)31-32(28,29)21-13-10-17(2)11-14-21/h5-16H,4H2,1-3H3. The lowest BCUT2D eigenvalue weighted by Crippen LogP contribution is -2.09. The molecule has 32 heavy (non-hydrogen) atoms. The second-order valence-electron chi connectivity index (χ2n) is 7.38. The summed E-state index contributed by atoms with van der Waals surface area (Å²) in [7, 11) is -4.02. The molecule has 0 unspecified atom stereocenters. The lowest BCUT2D eigenvalue weighted by atomic mass is 10.1. The topological polar surface area (TPSA) is 74.6 Å². The zero-order chi connectivity index (χ0) is 22.9. The molecule has 7 heteroatoms. The average molecular weight is 450 g/mol. The minimum absolute atomic E-state index is 0.0619. The van der Waals surface area contributed by atoms with Crippen molar-refractivity contribution in [2.75, 3.05) is 6.61 Å². The predicted octanol–water partition coefficient (Wildman–Crippen LogP) is 5.19. The molecule has 0 aliphatic heterocycles. The highest BCUT2D eigenvalue weighted by atomic mass is 32.2. The van der Waals surface area contributed by atoms with Crippen molar-refractivity contribution in [1.29, 1.82) is 0 Å². The largest absolute Gasteiger partial charge is 0.462 e. The fourth-order valence-corrected chi connectivity index (χ4v) is 4.62. The Labute approximate surface area is 187 Å². The van der Waals surface area contributed by atoms with Gasteiger partial charge in [0.15, 0.2) is 0 Å². The van der Waals surface area contributed by atoms with Crippen LogP contribution in [0.1, 0.15) is 28.5 Å². The van der Waals surface area contributed by atoms with Gasteiger partial charge in [0, 0.05) is 16.8 Å². The molecule has 3 aromatic carbocycles. The van der Waals surface area contributed by atoms with Gasteiger partial charge in [0.05, 0.1) is 17.7 Å². The van der Waals surface area contributed by atoms with Crippen LogP contribution in [0, 0.1) is 13.8 Å². The Balaban J connectivity index is 1.85. The van der Waals surface area contributed by atoms with Crippen LogP contribution in [0.2, 0.25) is 0 Å². The van der Waals surface area contributed by atoms with Gasteiger partial charge in [-0.05, 0) is 63.2 Å². The van der Waals surface area contributed by atoms with Crippen molar-refractivity contribution in [2.24, 2.45) is 0 Å². The van der Waals surface area contributed by atoms with E-state index in [2.05, 4.69) is 0 Å². The first-order valence-electron chi connectivity index (χ1n) is 10.2. The number of hydrogen-bond donors (Lipinski definition) is 0. The maximum Gasteiger partial charge on any atom is 0.340 e. The van der Waals surface area contributed by atoms with E-state index in [4.69, 9.17) is 8.92 Å². The Morgan fingerprint density at radius 3 is 2.28 bits per heavy atom. The summed E-state index contributed by atoms with van der Waals surface area (Å²) in [6, 6.07) is 20.9. The third kappa shape index (κ3) is 3.99. The van der Waals surface area contributed by atoms with Gasteiger partial charge in [-0.25, -0.2) is 4.79 Å². The first-order valence-corrected chi connectivity index (χ1v) is 11.6. The van der Waals surface area contributed by atoms with E-state index in [0.29, 0.717) is 16.6 Å². The molecule has 0 aliphatic rings. The molecule has 0 saturated carbocycles. The van der Waals surface area contributed by atoms with Gasteiger partial charge in [-0.2, -0.15) is 8.42 Å². The number of carbonyl (C=O) groups is 1. The van der Waals surface area contributed by atoms with E-state index in [0.717, 1.165) is 16.8 Å². The average Bonchev–Trinajstić information content (AvgIpc) is 3.05. The molecular formula is C25H23NO5S. The van der Waals surface area contributed by atoms with Gasteiger partial charge in [0.2, 0.25) is 0 Å². The van der Waals surface area contributed by atoms with Crippen LogP contribution in [0.25, 0.3) is 16.6 Å². The highest BCUT2D eigenvalue weighted by Gasteiger charge is 2.24. The molecule has 164 valence electrons. The number of esters is 1. The molecule has 6 nitrogen and oxygen atoms in total. The highest BCUT2D eigenvalue weighted by molar-refractivity contribution is 7.87. The van der Waals surface area contributed by atoms with Crippen LogP contribution < -0.4 is 4.18 Å². The first-order chi connectivity index (χ1) is 15.3. The molecule has 4 rings (SSSR count). The normalized spacial score (nSPS) is 11.5. The van der Waals surface area contributed by atoms with E-state index in [1.54, 1.807) is 37.3 Å². The maximum atomic E-state index is 12.8. The number of rotatable bonds is 6. The van der Waals surface area contributed by atoms with Gasteiger partial charge in [-0.3, -0.25) is 0 Å². The van der Waals surface area contributed by atoms with E-state index in [1.807, 2.05) is 48.7 Å². The molecule has 0 amide bonds. The Hall–Kier alpha value is -3.58. The molecular weight excluding hydrogens is 426 g/mol. The number of fused-ring (bicyclic) bond motifs is 1. The highest BCUT2D eigenvalue weighted by Crippen LogP contribution is 2.33.